The Labute approximate surface area is 108 Å². The van der Waals surface area contributed by atoms with Crippen LogP contribution >= 0.6 is 0 Å². The molecule has 0 aromatic heterocycles. The molecule has 0 radical (unpaired) electrons. The second-order valence-corrected chi connectivity index (χ2v) is 4.41. The van der Waals surface area contributed by atoms with Gasteiger partial charge in [-0.05, 0) is 36.6 Å². The Morgan fingerprint density at radius 1 is 1.44 bits per heavy atom. The first-order chi connectivity index (χ1) is 8.67. The highest BCUT2D eigenvalue weighted by Gasteiger charge is 2.06. The zero-order valence-electron chi connectivity index (χ0n) is 11.0. The Morgan fingerprint density at radius 2 is 2.22 bits per heavy atom. The van der Waals surface area contributed by atoms with Crippen molar-refractivity contribution in [1.29, 1.82) is 0 Å². The quantitative estimate of drug-likeness (QED) is 0.694. The van der Waals surface area contributed by atoms with Gasteiger partial charge in [0.05, 0.1) is 6.61 Å². The monoisotopic (exact) mass is 251 g/mol. The van der Waals surface area contributed by atoms with Crippen LogP contribution in [0.3, 0.4) is 0 Å². The number of rotatable bonds is 8. The number of phenols is 1. The number of methoxy groups -OCH3 is 1. The minimum atomic E-state index is 0.257. The van der Waals surface area contributed by atoms with Gasteiger partial charge in [0.25, 0.3) is 0 Å². The van der Waals surface area contributed by atoms with Gasteiger partial charge in [0.15, 0.2) is 0 Å². The van der Waals surface area contributed by atoms with Gasteiger partial charge in [0.2, 0.25) is 0 Å². The van der Waals surface area contributed by atoms with E-state index < -0.39 is 0 Å². The smallest absolute Gasteiger partial charge is 0.120 e. The third-order valence-corrected chi connectivity index (χ3v) is 2.85. The average molecular weight is 251 g/mol. The molecule has 0 aliphatic heterocycles. The lowest BCUT2D eigenvalue weighted by Crippen LogP contribution is -2.26. The van der Waals surface area contributed by atoms with Crippen molar-refractivity contribution in [3.8, 4) is 5.75 Å². The van der Waals surface area contributed by atoms with E-state index in [9.17, 15) is 9.90 Å². The van der Waals surface area contributed by atoms with Gasteiger partial charge in [-0.25, -0.2) is 0 Å². The number of ether oxygens (including phenoxy) is 1. The lowest BCUT2D eigenvalue weighted by atomic mass is 10.1. The predicted molar refractivity (Wildman–Crippen MR) is 70.4 cm³/mol. The van der Waals surface area contributed by atoms with E-state index in [-0.39, 0.29) is 11.8 Å². The maximum Gasteiger partial charge on any atom is 0.120 e. The number of nitrogens with one attached hydrogen (secondary N) is 1. The topological polar surface area (TPSA) is 58.6 Å². The maximum absolute atomic E-state index is 10.3. The highest BCUT2D eigenvalue weighted by Crippen LogP contribution is 2.17. The van der Waals surface area contributed by atoms with E-state index in [1.54, 1.807) is 19.2 Å². The number of aromatic hydroxyl groups is 1. The summed E-state index contributed by atoms with van der Waals surface area (Å²) in [6, 6.07) is 5.54. The third-order valence-electron chi connectivity index (χ3n) is 2.85. The summed E-state index contributed by atoms with van der Waals surface area (Å²) in [5, 5.41) is 12.8. The molecule has 4 nitrogen and oxygen atoms in total. The van der Waals surface area contributed by atoms with Crippen molar-refractivity contribution in [2.75, 3.05) is 7.11 Å². The molecule has 18 heavy (non-hydrogen) atoms. The number of carbonyl (C=O) groups excluding carboxylic acids is 1. The summed E-state index contributed by atoms with van der Waals surface area (Å²) in [6.45, 7) is 3.23. The third kappa shape index (κ3) is 4.85. The van der Waals surface area contributed by atoms with Crippen LogP contribution in [0.1, 0.15) is 30.9 Å². The van der Waals surface area contributed by atoms with Gasteiger partial charge in [-0.15, -0.1) is 0 Å². The highest BCUT2D eigenvalue weighted by molar-refractivity contribution is 5.49. The van der Waals surface area contributed by atoms with Crippen LogP contribution in [0.4, 0.5) is 0 Å². The molecule has 0 fully saturated rings. The fraction of sp³-hybridized carbons (Fsp3) is 0.500. The first-order valence-corrected chi connectivity index (χ1v) is 6.14. The fourth-order valence-electron chi connectivity index (χ4n) is 1.78. The number of hydrogen-bond donors (Lipinski definition) is 2. The molecule has 0 spiro atoms. The first-order valence-electron chi connectivity index (χ1n) is 6.14. The van der Waals surface area contributed by atoms with E-state index in [4.69, 9.17) is 4.74 Å². The van der Waals surface area contributed by atoms with Crippen LogP contribution < -0.4 is 5.32 Å². The van der Waals surface area contributed by atoms with Gasteiger partial charge < -0.3 is 20.0 Å². The van der Waals surface area contributed by atoms with E-state index in [1.807, 2.05) is 13.0 Å². The van der Waals surface area contributed by atoms with Crippen LogP contribution in [0, 0.1) is 0 Å². The van der Waals surface area contributed by atoms with Gasteiger partial charge in [-0.3, -0.25) is 0 Å². The van der Waals surface area contributed by atoms with E-state index in [2.05, 4.69) is 5.32 Å². The molecule has 0 aliphatic rings. The van der Waals surface area contributed by atoms with E-state index in [0.29, 0.717) is 19.6 Å². The summed E-state index contributed by atoms with van der Waals surface area (Å²) >= 11 is 0. The van der Waals surface area contributed by atoms with Crippen LogP contribution in [-0.2, 0) is 22.7 Å². The Morgan fingerprint density at radius 3 is 2.89 bits per heavy atom. The normalized spacial score (nSPS) is 12.3. The Hall–Kier alpha value is -1.39. The molecule has 0 amide bonds. The molecule has 0 bridgehead atoms. The molecule has 0 saturated carbocycles. The summed E-state index contributed by atoms with van der Waals surface area (Å²) in [6.07, 6.45) is 2.32. The molecular formula is C14H21NO3. The van der Waals surface area contributed by atoms with Crippen molar-refractivity contribution < 1.29 is 14.6 Å². The van der Waals surface area contributed by atoms with Crippen molar-refractivity contribution in [1.82, 2.24) is 5.32 Å². The van der Waals surface area contributed by atoms with E-state index in [0.717, 1.165) is 23.8 Å². The summed E-state index contributed by atoms with van der Waals surface area (Å²) in [5.41, 5.74) is 2.08. The van der Waals surface area contributed by atoms with Crippen molar-refractivity contribution in [2.45, 2.75) is 39.0 Å². The highest BCUT2D eigenvalue weighted by atomic mass is 16.5. The van der Waals surface area contributed by atoms with Crippen LogP contribution in [0.25, 0.3) is 0 Å². The molecule has 100 valence electrons. The molecule has 0 aliphatic carbocycles. The lowest BCUT2D eigenvalue weighted by molar-refractivity contribution is -0.108. The molecule has 0 heterocycles. The summed E-state index contributed by atoms with van der Waals surface area (Å²) < 4.78 is 5.12. The largest absolute Gasteiger partial charge is 0.508 e. The Kier molecular flexibility index (Phi) is 6.39. The van der Waals surface area contributed by atoms with Gasteiger partial charge in [-0.2, -0.15) is 0 Å². The summed E-state index contributed by atoms with van der Waals surface area (Å²) in [7, 11) is 1.65. The zero-order chi connectivity index (χ0) is 13.4. The second-order valence-electron chi connectivity index (χ2n) is 4.41. The molecule has 1 aromatic rings. The zero-order valence-corrected chi connectivity index (χ0v) is 11.0. The Balaban J connectivity index is 2.59. The molecule has 1 aromatic carbocycles. The van der Waals surface area contributed by atoms with Crippen molar-refractivity contribution in [2.24, 2.45) is 0 Å². The number of benzene rings is 1. The molecule has 2 N–H and O–H groups in total. The fourth-order valence-corrected chi connectivity index (χ4v) is 1.78. The van der Waals surface area contributed by atoms with Gasteiger partial charge in [0.1, 0.15) is 12.0 Å². The van der Waals surface area contributed by atoms with Crippen molar-refractivity contribution in [3.63, 3.8) is 0 Å². The van der Waals surface area contributed by atoms with Gasteiger partial charge in [-0.1, -0.05) is 6.07 Å². The molecule has 1 unspecified atom stereocenters. The van der Waals surface area contributed by atoms with Gasteiger partial charge >= 0.3 is 0 Å². The molecule has 1 rings (SSSR count). The van der Waals surface area contributed by atoms with Crippen LogP contribution in [-0.4, -0.2) is 24.5 Å². The summed E-state index contributed by atoms with van der Waals surface area (Å²) in [5.74, 6) is 0.257. The first kappa shape index (κ1) is 14.7. The number of hydrogen-bond acceptors (Lipinski definition) is 4. The maximum atomic E-state index is 10.3. The SMILES string of the molecule is COCc1ccc(O)cc1CNC(C)CCC=O. The van der Waals surface area contributed by atoms with Crippen LogP contribution in [0.2, 0.25) is 0 Å². The van der Waals surface area contributed by atoms with Crippen molar-refractivity contribution in [3.05, 3.63) is 29.3 Å². The van der Waals surface area contributed by atoms with Crippen LogP contribution in [0.5, 0.6) is 5.75 Å². The molecule has 0 saturated heterocycles. The molecular weight excluding hydrogens is 230 g/mol. The number of carbonyl (C=O) groups is 1. The van der Waals surface area contributed by atoms with Gasteiger partial charge in [0, 0.05) is 26.1 Å². The minimum Gasteiger partial charge on any atom is -0.508 e. The van der Waals surface area contributed by atoms with E-state index >= 15 is 0 Å². The predicted octanol–water partition coefficient (Wildman–Crippen LogP) is 2.00. The minimum absolute atomic E-state index is 0.257. The second kappa shape index (κ2) is 7.84. The Bertz CT molecular complexity index is 379. The lowest BCUT2D eigenvalue weighted by Gasteiger charge is -2.15. The average Bonchev–Trinajstić information content (AvgIpc) is 2.36. The number of phenolic OH excluding ortho intramolecular Hbond substituents is 1. The molecule has 1 atom stereocenters. The number of aldehydes is 1. The van der Waals surface area contributed by atoms with Crippen molar-refractivity contribution >= 4 is 6.29 Å². The van der Waals surface area contributed by atoms with E-state index in [1.165, 1.54) is 0 Å². The standard InChI is InChI=1S/C14H21NO3/c1-11(4-3-7-16)15-9-13-8-14(17)6-5-12(13)10-18-2/h5-8,11,15,17H,3-4,9-10H2,1-2H3. The summed E-state index contributed by atoms with van der Waals surface area (Å²) in [4.78, 5) is 10.3. The van der Waals surface area contributed by atoms with Crippen LogP contribution in [0.15, 0.2) is 18.2 Å². The molecule has 4 heteroatoms.